The Balaban J connectivity index is 1.81. The van der Waals surface area contributed by atoms with E-state index in [4.69, 9.17) is 16.3 Å². The average Bonchev–Trinajstić information content (AvgIpc) is 2.89. The molecule has 0 spiro atoms. The van der Waals surface area contributed by atoms with Gasteiger partial charge in [-0.05, 0) is 54.3 Å². The number of carbonyl (C=O) groups excluding carboxylic acids is 1. The fraction of sp³-hybridized carbons (Fsp3) is 0.235. The largest absolute Gasteiger partial charge is 0.465 e. The normalized spacial score (nSPS) is 16.4. The molecule has 1 atom stereocenters. The molecule has 1 aliphatic rings. The van der Waals surface area contributed by atoms with Crippen molar-refractivity contribution in [3.63, 3.8) is 0 Å². The van der Waals surface area contributed by atoms with E-state index in [1.807, 2.05) is 30.3 Å². The molecule has 0 aromatic heterocycles. The van der Waals surface area contributed by atoms with Crippen molar-refractivity contribution < 1.29 is 9.53 Å². The lowest BCUT2D eigenvalue weighted by Crippen LogP contribution is -2.08. The van der Waals surface area contributed by atoms with Gasteiger partial charge in [-0.3, -0.25) is 0 Å². The van der Waals surface area contributed by atoms with Gasteiger partial charge in [0.2, 0.25) is 0 Å². The van der Waals surface area contributed by atoms with Gasteiger partial charge in [0.25, 0.3) is 0 Å². The lowest BCUT2D eigenvalue weighted by Gasteiger charge is -2.16. The molecule has 4 heteroatoms. The summed E-state index contributed by atoms with van der Waals surface area (Å²) in [6.45, 7) is 0. The minimum absolute atomic E-state index is 0.255. The highest BCUT2D eigenvalue weighted by atomic mass is 35.5. The van der Waals surface area contributed by atoms with E-state index < -0.39 is 0 Å². The summed E-state index contributed by atoms with van der Waals surface area (Å²) in [6.07, 6.45) is 2.04. The highest BCUT2D eigenvalue weighted by Gasteiger charge is 2.22. The fourth-order valence-electron chi connectivity index (χ4n) is 2.79. The average molecular weight is 302 g/mol. The molecule has 0 amide bonds. The first-order valence-corrected chi connectivity index (χ1v) is 7.28. The van der Waals surface area contributed by atoms with Crippen LogP contribution in [0.15, 0.2) is 42.5 Å². The van der Waals surface area contributed by atoms with Crippen molar-refractivity contribution in [1.82, 2.24) is 0 Å². The number of halogens is 1. The molecule has 1 aliphatic carbocycles. The summed E-state index contributed by atoms with van der Waals surface area (Å²) < 4.78 is 4.75. The van der Waals surface area contributed by atoms with Crippen LogP contribution in [0.5, 0.6) is 0 Å². The number of hydrogen-bond donors (Lipinski definition) is 1. The summed E-state index contributed by atoms with van der Waals surface area (Å²) in [5.74, 6) is -0.322. The van der Waals surface area contributed by atoms with Crippen LogP contribution in [0.1, 0.15) is 33.9 Å². The number of nitrogens with one attached hydrogen (secondary N) is 1. The first-order valence-electron chi connectivity index (χ1n) is 6.90. The van der Waals surface area contributed by atoms with Crippen molar-refractivity contribution >= 4 is 23.3 Å². The van der Waals surface area contributed by atoms with E-state index >= 15 is 0 Å². The van der Waals surface area contributed by atoms with Gasteiger partial charge >= 0.3 is 5.97 Å². The van der Waals surface area contributed by atoms with Crippen molar-refractivity contribution in [3.05, 3.63) is 64.2 Å². The monoisotopic (exact) mass is 301 g/mol. The number of fused-ring (bicyclic) bond motifs is 1. The van der Waals surface area contributed by atoms with E-state index in [9.17, 15) is 4.79 Å². The molecule has 108 valence electrons. The second kappa shape index (κ2) is 5.78. The molecule has 3 nitrogen and oxygen atoms in total. The minimum Gasteiger partial charge on any atom is -0.465 e. The standard InChI is InChI=1S/C17H16ClNO2/c1-21-17(20)12-3-2-4-14(10-12)19-16-8-5-11-9-13(18)6-7-15(11)16/h2-4,6-7,9-10,16,19H,5,8H2,1H3. The zero-order valence-corrected chi connectivity index (χ0v) is 12.5. The summed E-state index contributed by atoms with van der Waals surface area (Å²) in [6, 6.07) is 13.7. The molecule has 0 saturated carbocycles. The Hall–Kier alpha value is -2.00. The van der Waals surface area contributed by atoms with Gasteiger partial charge in [-0.15, -0.1) is 0 Å². The van der Waals surface area contributed by atoms with E-state index in [0.29, 0.717) is 5.56 Å². The molecule has 2 aromatic carbocycles. The molecule has 21 heavy (non-hydrogen) atoms. The van der Waals surface area contributed by atoms with Gasteiger partial charge in [0, 0.05) is 10.7 Å². The molecule has 3 rings (SSSR count). The summed E-state index contributed by atoms with van der Waals surface area (Å²) >= 11 is 6.03. The Morgan fingerprint density at radius 3 is 2.95 bits per heavy atom. The van der Waals surface area contributed by atoms with E-state index in [2.05, 4.69) is 11.4 Å². The van der Waals surface area contributed by atoms with Gasteiger partial charge in [0.1, 0.15) is 0 Å². The molecule has 0 radical (unpaired) electrons. The van der Waals surface area contributed by atoms with Gasteiger partial charge < -0.3 is 10.1 Å². The van der Waals surface area contributed by atoms with E-state index in [1.165, 1.54) is 18.2 Å². The highest BCUT2D eigenvalue weighted by molar-refractivity contribution is 6.30. The predicted octanol–water partition coefficient (Wildman–Crippen LogP) is 4.23. The van der Waals surface area contributed by atoms with Crippen LogP contribution in [0.3, 0.4) is 0 Å². The molecular formula is C17H16ClNO2. The molecular weight excluding hydrogens is 286 g/mol. The topological polar surface area (TPSA) is 38.3 Å². The maximum absolute atomic E-state index is 11.6. The molecule has 0 bridgehead atoms. The maximum Gasteiger partial charge on any atom is 0.337 e. The molecule has 1 unspecified atom stereocenters. The Morgan fingerprint density at radius 2 is 2.14 bits per heavy atom. The van der Waals surface area contributed by atoms with Crippen LogP contribution in [0.4, 0.5) is 5.69 Å². The molecule has 0 saturated heterocycles. The first kappa shape index (κ1) is 14.0. The molecule has 2 aromatic rings. The van der Waals surface area contributed by atoms with Crippen LogP contribution in [-0.2, 0) is 11.2 Å². The Bertz CT molecular complexity index is 684. The first-order chi connectivity index (χ1) is 10.2. The van der Waals surface area contributed by atoms with Crippen LogP contribution in [0, 0.1) is 0 Å². The number of rotatable bonds is 3. The molecule has 0 aliphatic heterocycles. The molecule has 1 N–H and O–H groups in total. The van der Waals surface area contributed by atoms with Gasteiger partial charge in [-0.1, -0.05) is 23.7 Å². The fourth-order valence-corrected chi connectivity index (χ4v) is 2.99. The number of anilines is 1. The SMILES string of the molecule is COC(=O)c1cccc(NC2CCc3cc(Cl)ccc32)c1. The summed E-state index contributed by atoms with van der Waals surface area (Å²) in [5, 5.41) is 4.26. The van der Waals surface area contributed by atoms with E-state index in [0.717, 1.165) is 23.6 Å². The summed E-state index contributed by atoms with van der Waals surface area (Å²) in [4.78, 5) is 11.6. The number of aryl methyl sites for hydroxylation is 1. The Labute approximate surface area is 128 Å². The lowest BCUT2D eigenvalue weighted by atomic mass is 10.1. The number of carbonyl (C=O) groups is 1. The highest BCUT2D eigenvalue weighted by Crippen LogP contribution is 2.35. The number of hydrogen-bond acceptors (Lipinski definition) is 3. The lowest BCUT2D eigenvalue weighted by molar-refractivity contribution is 0.0601. The summed E-state index contributed by atoms with van der Waals surface area (Å²) in [7, 11) is 1.39. The van der Waals surface area contributed by atoms with Gasteiger partial charge in [-0.25, -0.2) is 4.79 Å². The Morgan fingerprint density at radius 1 is 1.29 bits per heavy atom. The second-order valence-electron chi connectivity index (χ2n) is 5.15. The smallest absolute Gasteiger partial charge is 0.337 e. The Kier molecular flexibility index (Phi) is 3.84. The number of benzene rings is 2. The van der Waals surface area contributed by atoms with Crippen molar-refractivity contribution in [1.29, 1.82) is 0 Å². The zero-order chi connectivity index (χ0) is 14.8. The van der Waals surface area contributed by atoms with Gasteiger partial charge in [0.05, 0.1) is 18.7 Å². The van der Waals surface area contributed by atoms with Crippen LogP contribution in [0.2, 0.25) is 5.02 Å². The van der Waals surface area contributed by atoms with Gasteiger partial charge in [-0.2, -0.15) is 0 Å². The van der Waals surface area contributed by atoms with Crippen LogP contribution in [-0.4, -0.2) is 13.1 Å². The number of ether oxygens (including phenoxy) is 1. The van der Waals surface area contributed by atoms with Crippen LogP contribution >= 0.6 is 11.6 Å². The van der Waals surface area contributed by atoms with E-state index in [-0.39, 0.29) is 12.0 Å². The third-order valence-electron chi connectivity index (χ3n) is 3.81. The number of esters is 1. The second-order valence-corrected chi connectivity index (χ2v) is 5.59. The maximum atomic E-state index is 11.6. The summed E-state index contributed by atoms with van der Waals surface area (Å²) in [5.41, 5.74) is 4.05. The predicted molar refractivity (Wildman–Crippen MR) is 83.9 cm³/mol. The number of methoxy groups -OCH3 is 1. The molecule has 0 fully saturated rings. The van der Waals surface area contributed by atoms with Crippen molar-refractivity contribution in [3.8, 4) is 0 Å². The van der Waals surface area contributed by atoms with Crippen molar-refractivity contribution in [2.75, 3.05) is 12.4 Å². The third-order valence-corrected chi connectivity index (χ3v) is 4.04. The van der Waals surface area contributed by atoms with E-state index in [1.54, 1.807) is 6.07 Å². The quantitative estimate of drug-likeness (QED) is 0.862. The zero-order valence-electron chi connectivity index (χ0n) is 11.7. The third kappa shape index (κ3) is 2.88. The molecule has 0 heterocycles. The van der Waals surface area contributed by atoms with Crippen LogP contribution in [0.25, 0.3) is 0 Å². The van der Waals surface area contributed by atoms with Gasteiger partial charge in [0.15, 0.2) is 0 Å². The van der Waals surface area contributed by atoms with Crippen LogP contribution < -0.4 is 5.32 Å². The minimum atomic E-state index is -0.322. The van der Waals surface area contributed by atoms with Crippen molar-refractivity contribution in [2.24, 2.45) is 0 Å². The van der Waals surface area contributed by atoms with Crippen molar-refractivity contribution in [2.45, 2.75) is 18.9 Å².